The van der Waals surface area contributed by atoms with Crippen molar-refractivity contribution in [2.45, 2.75) is 32.4 Å². The molecule has 0 radical (unpaired) electrons. The molecule has 144 valence electrons. The fourth-order valence-corrected chi connectivity index (χ4v) is 3.22. The van der Waals surface area contributed by atoms with Gasteiger partial charge in [0.15, 0.2) is 0 Å². The SMILES string of the molecule is COc1ccc2c(c1)OC(C)CN(CCC(=O)NCCc1ccccn1)C2. The third-order valence-corrected chi connectivity index (χ3v) is 4.60. The Balaban J connectivity index is 1.47. The number of methoxy groups -OCH3 is 1. The van der Waals surface area contributed by atoms with E-state index in [0.717, 1.165) is 42.3 Å². The summed E-state index contributed by atoms with van der Waals surface area (Å²) in [7, 11) is 1.65. The van der Waals surface area contributed by atoms with Crippen LogP contribution in [-0.2, 0) is 17.8 Å². The molecule has 1 unspecified atom stereocenters. The van der Waals surface area contributed by atoms with Crippen LogP contribution < -0.4 is 14.8 Å². The third kappa shape index (κ3) is 5.69. The highest BCUT2D eigenvalue weighted by molar-refractivity contribution is 5.76. The zero-order valence-corrected chi connectivity index (χ0v) is 16.0. The predicted octanol–water partition coefficient (Wildman–Crippen LogP) is 2.42. The molecule has 3 rings (SSSR count). The smallest absolute Gasteiger partial charge is 0.221 e. The van der Waals surface area contributed by atoms with Gasteiger partial charge in [0, 0.05) is 62.5 Å². The molecule has 2 heterocycles. The number of pyridine rings is 1. The van der Waals surface area contributed by atoms with Gasteiger partial charge in [0.2, 0.25) is 5.91 Å². The van der Waals surface area contributed by atoms with Crippen molar-refractivity contribution in [1.82, 2.24) is 15.2 Å². The molecular weight excluding hydrogens is 342 g/mol. The summed E-state index contributed by atoms with van der Waals surface area (Å²) in [4.78, 5) is 18.7. The van der Waals surface area contributed by atoms with E-state index >= 15 is 0 Å². The first-order valence-corrected chi connectivity index (χ1v) is 9.36. The standard InChI is InChI=1S/C21H27N3O3/c1-16-14-24(15-17-6-7-19(26-2)13-20(17)27-16)12-9-21(25)23-11-8-18-5-3-4-10-22-18/h3-7,10,13,16H,8-9,11-12,14-15H2,1-2H3,(H,23,25). The maximum atomic E-state index is 12.2. The van der Waals surface area contributed by atoms with Crippen molar-refractivity contribution in [3.05, 3.63) is 53.9 Å². The summed E-state index contributed by atoms with van der Waals surface area (Å²) in [6.45, 7) is 4.92. The lowest BCUT2D eigenvalue weighted by Gasteiger charge is -2.21. The Hall–Kier alpha value is -2.60. The number of fused-ring (bicyclic) bond motifs is 1. The Morgan fingerprint density at radius 2 is 2.26 bits per heavy atom. The Kier molecular flexibility index (Phi) is 6.65. The molecule has 0 saturated heterocycles. The third-order valence-electron chi connectivity index (χ3n) is 4.60. The van der Waals surface area contributed by atoms with Gasteiger partial charge in [0.05, 0.1) is 7.11 Å². The van der Waals surface area contributed by atoms with Crippen molar-refractivity contribution in [2.75, 3.05) is 26.7 Å². The Bertz CT molecular complexity index is 752. The van der Waals surface area contributed by atoms with Crippen molar-refractivity contribution < 1.29 is 14.3 Å². The second-order valence-electron chi connectivity index (χ2n) is 6.81. The number of benzene rings is 1. The van der Waals surface area contributed by atoms with Crippen LogP contribution in [0.4, 0.5) is 0 Å². The second kappa shape index (κ2) is 9.37. The van der Waals surface area contributed by atoms with Gasteiger partial charge >= 0.3 is 0 Å². The maximum Gasteiger partial charge on any atom is 0.221 e. The van der Waals surface area contributed by atoms with Crippen molar-refractivity contribution >= 4 is 5.91 Å². The summed E-state index contributed by atoms with van der Waals surface area (Å²) in [5.74, 6) is 1.73. The topological polar surface area (TPSA) is 63.7 Å². The van der Waals surface area contributed by atoms with Crippen LogP contribution in [0.15, 0.2) is 42.6 Å². The number of carbonyl (C=O) groups is 1. The molecule has 0 spiro atoms. The molecule has 1 aromatic heterocycles. The summed E-state index contributed by atoms with van der Waals surface area (Å²) in [5, 5.41) is 2.98. The molecule has 0 saturated carbocycles. The van der Waals surface area contributed by atoms with Crippen LogP contribution in [0.1, 0.15) is 24.6 Å². The zero-order chi connectivity index (χ0) is 19.1. The van der Waals surface area contributed by atoms with E-state index in [0.29, 0.717) is 19.5 Å². The molecule has 1 aliphatic rings. The van der Waals surface area contributed by atoms with Gasteiger partial charge in [0.25, 0.3) is 0 Å². The summed E-state index contributed by atoms with van der Waals surface area (Å²) in [6.07, 6.45) is 3.05. The summed E-state index contributed by atoms with van der Waals surface area (Å²) < 4.78 is 11.3. The molecule has 0 bridgehead atoms. The lowest BCUT2D eigenvalue weighted by Crippen LogP contribution is -2.35. The monoisotopic (exact) mass is 369 g/mol. The van der Waals surface area contributed by atoms with E-state index in [4.69, 9.17) is 9.47 Å². The molecule has 27 heavy (non-hydrogen) atoms. The average Bonchev–Trinajstić information content (AvgIpc) is 2.84. The number of nitrogens with one attached hydrogen (secondary N) is 1. The fourth-order valence-electron chi connectivity index (χ4n) is 3.22. The van der Waals surface area contributed by atoms with Crippen molar-refractivity contribution in [3.63, 3.8) is 0 Å². The van der Waals surface area contributed by atoms with E-state index < -0.39 is 0 Å². The molecular formula is C21H27N3O3. The number of carbonyl (C=O) groups excluding carboxylic acids is 1. The fraction of sp³-hybridized carbons (Fsp3) is 0.429. The molecule has 2 aromatic rings. The Morgan fingerprint density at radius 3 is 3.04 bits per heavy atom. The average molecular weight is 369 g/mol. The number of hydrogen-bond acceptors (Lipinski definition) is 5. The molecule has 0 aliphatic carbocycles. The molecule has 1 N–H and O–H groups in total. The zero-order valence-electron chi connectivity index (χ0n) is 16.0. The molecule has 1 aliphatic heterocycles. The molecule has 0 fully saturated rings. The molecule has 1 atom stereocenters. The van der Waals surface area contributed by atoms with E-state index in [1.165, 1.54) is 0 Å². The summed E-state index contributed by atoms with van der Waals surface area (Å²) >= 11 is 0. The first-order chi connectivity index (χ1) is 13.1. The highest BCUT2D eigenvalue weighted by Crippen LogP contribution is 2.29. The number of amides is 1. The van der Waals surface area contributed by atoms with Crippen molar-refractivity contribution in [1.29, 1.82) is 0 Å². The minimum absolute atomic E-state index is 0.0607. The van der Waals surface area contributed by atoms with Crippen LogP contribution >= 0.6 is 0 Å². The number of aromatic nitrogens is 1. The Morgan fingerprint density at radius 1 is 1.37 bits per heavy atom. The van der Waals surface area contributed by atoms with Crippen LogP contribution in [-0.4, -0.2) is 48.6 Å². The van der Waals surface area contributed by atoms with E-state index in [1.807, 2.05) is 36.4 Å². The molecule has 6 nitrogen and oxygen atoms in total. The van der Waals surface area contributed by atoms with Crippen LogP contribution in [0.3, 0.4) is 0 Å². The first-order valence-electron chi connectivity index (χ1n) is 9.36. The van der Waals surface area contributed by atoms with Gasteiger partial charge in [-0.1, -0.05) is 12.1 Å². The maximum absolute atomic E-state index is 12.2. The largest absolute Gasteiger partial charge is 0.497 e. The van der Waals surface area contributed by atoms with Gasteiger partial charge in [0.1, 0.15) is 17.6 Å². The molecule has 1 aromatic carbocycles. The van der Waals surface area contributed by atoms with E-state index in [-0.39, 0.29) is 12.0 Å². The van der Waals surface area contributed by atoms with Gasteiger partial charge in [-0.15, -0.1) is 0 Å². The van der Waals surface area contributed by atoms with E-state index in [2.05, 4.69) is 22.1 Å². The van der Waals surface area contributed by atoms with Gasteiger partial charge in [-0.05, 0) is 25.1 Å². The molecule has 1 amide bonds. The van der Waals surface area contributed by atoms with Crippen LogP contribution in [0.5, 0.6) is 11.5 Å². The highest BCUT2D eigenvalue weighted by Gasteiger charge is 2.21. The van der Waals surface area contributed by atoms with Gasteiger partial charge in [-0.2, -0.15) is 0 Å². The first kappa shape index (κ1) is 19.2. The number of hydrogen-bond donors (Lipinski definition) is 1. The van der Waals surface area contributed by atoms with Gasteiger partial charge < -0.3 is 14.8 Å². The number of ether oxygens (including phenoxy) is 2. The van der Waals surface area contributed by atoms with Crippen molar-refractivity contribution in [3.8, 4) is 11.5 Å². The van der Waals surface area contributed by atoms with Gasteiger partial charge in [-0.25, -0.2) is 0 Å². The van der Waals surface area contributed by atoms with E-state index in [1.54, 1.807) is 13.3 Å². The lowest BCUT2D eigenvalue weighted by molar-refractivity contribution is -0.121. The second-order valence-corrected chi connectivity index (χ2v) is 6.81. The predicted molar refractivity (Wildman–Crippen MR) is 104 cm³/mol. The van der Waals surface area contributed by atoms with Gasteiger partial charge in [-0.3, -0.25) is 14.7 Å². The number of nitrogens with zero attached hydrogens (tertiary/aromatic N) is 2. The minimum atomic E-state index is 0.0607. The van der Waals surface area contributed by atoms with Crippen LogP contribution in [0.25, 0.3) is 0 Å². The highest BCUT2D eigenvalue weighted by atomic mass is 16.5. The molecule has 6 heteroatoms. The number of rotatable bonds is 7. The van der Waals surface area contributed by atoms with Crippen LogP contribution in [0, 0.1) is 0 Å². The normalized spacial score (nSPS) is 16.7. The Labute approximate surface area is 160 Å². The summed E-state index contributed by atoms with van der Waals surface area (Å²) in [6, 6.07) is 11.7. The lowest BCUT2D eigenvalue weighted by atomic mass is 10.1. The summed E-state index contributed by atoms with van der Waals surface area (Å²) in [5.41, 5.74) is 2.11. The quantitative estimate of drug-likeness (QED) is 0.812. The minimum Gasteiger partial charge on any atom is -0.497 e. The van der Waals surface area contributed by atoms with Crippen LogP contribution in [0.2, 0.25) is 0 Å². The van der Waals surface area contributed by atoms with Crippen molar-refractivity contribution in [2.24, 2.45) is 0 Å². The van der Waals surface area contributed by atoms with E-state index in [9.17, 15) is 4.79 Å².